The summed E-state index contributed by atoms with van der Waals surface area (Å²) in [6, 6.07) is 1.58. The van der Waals surface area contributed by atoms with Gasteiger partial charge >= 0.3 is 0 Å². The van der Waals surface area contributed by atoms with E-state index in [1.807, 2.05) is 0 Å². The zero-order chi connectivity index (χ0) is 12.0. The summed E-state index contributed by atoms with van der Waals surface area (Å²) in [7, 11) is 0. The number of imidazole rings is 1. The maximum atomic E-state index is 13.2. The first-order chi connectivity index (χ1) is 8.16. The number of aromatic nitrogens is 3. The molecule has 3 heterocycles. The third-order valence-corrected chi connectivity index (χ3v) is 2.86. The van der Waals surface area contributed by atoms with Crippen LogP contribution in [0.2, 0.25) is 0 Å². The summed E-state index contributed by atoms with van der Waals surface area (Å²) in [5, 5.41) is 3.78. The Morgan fingerprint density at radius 3 is 2.65 bits per heavy atom. The minimum absolute atomic E-state index is 0.0463. The van der Waals surface area contributed by atoms with Gasteiger partial charge in [0.05, 0.1) is 31.2 Å². The molecule has 3 rings (SSSR count). The van der Waals surface area contributed by atoms with Crippen LogP contribution in [0.15, 0.2) is 18.5 Å². The molecule has 1 aliphatic heterocycles. The van der Waals surface area contributed by atoms with Gasteiger partial charge in [-0.3, -0.25) is 0 Å². The number of halogens is 3. The van der Waals surface area contributed by atoms with Gasteiger partial charge in [-0.2, -0.15) is 14.0 Å². The number of alkyl halides is 2. The number of anilines is 1. The minimum atomic E-state index is -1.51. The number of fused-ring (bicyclic) bond motifs is 1. The maximum absolute atomic E-state index is 13.2. The molecule has 1 saturated heterocycles. The predicted octanol–water partition coefficient (Wildman–Crippen LogP) is 1.36. The Morgan fingerprint density at radius 2 is 1.94 bits per heavy atom. The lowest BCUT2D eigenvalue weighted by atomic mass is 10.3. The molecule has 7 heteroatoms. The molecule has 0 spiro atoms. The van der Waals surface area contributed by atoms with Crippen molar-refractivity contribution >= 4 is 11.3 Å². The molecule has 1 aliphatic rings. The van der Waals surface area contributed by atoms with Crippen LogP contribution in [0.4, 0.5) is 18.9 Å². The summed E-state index contributed by atoms with van der Waals surface area (Å²) in [6.07, 6.45) is -0.612. The Morgan fingerprint density at radius 1 is 1.24 bits per heavy atom. The molecule has 0 bridgehead atoms. The average Bonchev–Trinajstić information content (AvgIpc) is 2.84. The van der Waals surface area contributed by atoms with Gasteiger partial charge in [0.2, 0.25) is 5.95 Å². The molecule has 0 N–H and O–H groups in total. The highest BCUT2D eigenvalue weighted by Gasteiger charge is 2.34. The van der Waals surface area contributed by atoms with Crippen molar-refractivity contribution in [3.63, 3.8) is 0 Å². The highest BCUT2D eigenvalue weighted by Crippen LogP contribution is 2.26. The lowest BCUT2D eigenvalue weighted by Gasteiger charge is -2.17. The summed E-state index contributed by atoms with van der Waals surface area (Å²) in [6.45, 7) is -0.0926. The Kier molecular flexibility index (Phi) is 2.20. The highest BCUT2D eigenvalue weighted by molar-refractivity contribution is 5.68. The summed E-state index contributed by atoms with van der Waals surface area (Å²) in [5.41, 5.74) is 0.762. The second kappa shape index (κ2) is 3.61. The normalized spacial score (nSPS) is 24.8. The monoisotopic (exact) mass is 242 g/mol. The predicted molar refractivity (Wildman–Crippen MR) is 55.0 cm³/mol. The standard InChI is InChI=1S/C10H9F3N4/c11-6-4-16(5-7(6)12)8-1-2-15-17-9(13)3-14-10(8)17/h1-3,6-7H,4-5H2/t6-,7+. The lowest BCUT2D eigenvalue weighted by Crippen LogP contribution is -2.21. The maximum Gasteiger partial charge on any atom is 0.234 e. The van der Waals surface area contributed by atoms with Gasteiger partial charge in [-0.1, -0.05) is 0 Å². The molecule has 2 aromatic heterocycles. The second-order valence-electron chi connectivity index (χ2n) is 3.97. The molecule has 0 aromatic carbocycles. The first kappa shape index (κ1) is 10.4. The number of nitrogens with zero attached hydrogens (tertiary/aromatic N) is 4. The Hall–Kier alpha value is -1.79. The van der Waals surface area contributed by atoms with Crippen LogP contribution in [0.3, 0.4) is 0 Å². The van der Waals surface area contributed by atoms with Gasteiger partial charge in [0.1, 0.15) is 0 Å². The smallest absolute Gasteiger partial charge is 0.234 e. The number of hydrogen-bond donors (Lipinski definition) is 0. The first-order valence-corrected chi connectivity index (χ1v) is 5.18. The van der Waals surface area contributed by atoms with Crippen molar-refractivity contribution < 1.29 is 13.2 Å². The minimum Gasteiger partial charge on any atom is -0.362 e. The van der Waals surface area contributed by atoms with Crippen LogP contribution in [-0.4, -0.2) is 40.0 Å². The van der Waals surface area contributed by atoms with E-state index in [2.05, 4.69) is 10.1 Å². The van der Waals surface area contributed by atoms with E-state index >= 15 is 0 Å². The van der Waals surface area contributed by atoms with Crippen LogP contribution < -0.4 is 4.90 Å². The van der Waals surface area contributed by atoms with Gasteiger partial charge in [0, 0.05) is 0 Å². The van der Waals surface area contributed by atoms with Crippen molar-refractivity contribution in [2.45, 2.75) is 12.3 Å². The van der Waals surface area contributed by atoms with Crippen molar-refractivity contribution in [2.24, 2.45) is 0 Å². The molecule has 90 valence electrons. The topological polar surface area (TPSA) is 33.4 Å². The van der Waals surface area contributed by atoms with Crippen molar-refractivity contribution in [2.75, 3.05) is 18.0 Å². The van der Waals surface area contributed by atoms with E-state index in [1.165, 1.54) is 11.1 Å². The fourth-order valence-corrected chi connectivity index (χ4v) is 2.02. The fourth-order valence-electron chi connectivity index (χ4n) is 2.02. The van der Waals surface area contributed by atoms with E-state index < -0.39 is 18.3 Å². The number of hydrogen-bond acceptors (Lipinski definition) is 3. The molecular weight excluding hydrogens is 233 g/mol. The Bertz CT molecular complexity index is 545. The molecule has 0 radical (unpaired) electrons. The van der Waals surface area contributed by atoms with E-state index in [0.29, 0.717) is 5.69 Å². The fraction of sp³-hybridized carbons (Fsp3) is 0.400. The quantitative estimate of drug-likeness (QED) is 0.757. The Labute approximate surface area is 94.7 Å². The molecule has 4 nitrogen and oxygen atoms in total. The van der Waals surface area contributed by atoms with Crippen LogP contribution in [0.5, 0.6) is 0 Å². The van der Waals surface area contributed by atoms with Crippen LogP contribution in [0.1, 0.15) is 0 Å². The molecule has 1 fully saturated rings. The zero-order valence-electron chi connectivity index (χ0n) is 8.72. The summed E-state index contributed by atoms with van der Waals surface area (Å²) >= 11 is 0. The van der Waals surface area contributed by atoms with Crippen LogP contribution in [0.25, 0.3) is 5.65 Å². The van der Waals surface area contributed by atoms with E-state index in [9.17, 15) is 13.2 Å². The third-order valence-electron chi connectivity index (χ3n) is 2.86. The molecule has 2 atom stereocenters. The van der Waals surface area contributed by atoms with E-state index in [0.717, 1.165) is 10.7 Å². The van der Waals surface area contributed by atoms with Crippen LogP contribution in [-0.2, 0) is 0 Å². The highest BCUT2D eigenvalue weighted by atomic mass is 19.2. The SMILES string of the molecule is Fc1cnc2c(N3C[C@@H](F)[C@@H](F)C3)ccnn12. The van der Waals surface area contributed by atoms with Gasteiger partial charge in [-0.05, 0) is 6.07 Å². The second-order valence-corrected chi connectivity index (χ2v) is 3.97. The van der Waals surface area contributed by atoms with Crippen molar-refractivity contribution in [1.82, 2.24) is 14.6 Å². The summed E-state index contributed by atoms with van der Waals surface area (Å²) < 4.78 is 40.5. The first-order valence-electron chi connectivity index (χ1n) is 5.18. The van der Waals surface area contributed by atoms with Crippen LogP contribution in [0, 0.1) is 5.95 Å². The summed E-state index contributed by atoms with van der Waals surface area (Å²) in [4.78, 5) is 5.36. The van der Waals surface area contributed by atoms with Gasteiger partial charge in [0.25, 0.3) is 0 Å². The summed E-state index contributed by atoms with van der Waals surface area (Å²) in [5.74, 6) is -0.602. The van der Waals surface area contributed by atoms with E-state index in [4.69, 9.17) is 0 Å². The van der Waals surface area contributed by atoms with Crippen molar-refractivity contribution in [1.29, 1.82) is 0 Å². The molecule has 0 unspecified atom stereocenters. The lowest BCUT2D eigenvalue weighted by molar-refractivity contribution is 0.217. The average molecular weight is 242 g/mol. The third kappa shape index (κ3) is 1.53. The van der Waals surface area contributed by atoms with Gasteiger partial charge in [0.15, 0.2) is 18.0 Å². The molecule has 0 saturated carbocycles. The molecule has 0 amide bonds. The van der Waals surface area contributed by atoms with Crippen molar-refractivity contribution in [3.05, 3.63) is 24.4 Å². The molecule has 2 aromatic rings. The van der Waals surface area contributed by atoms with Gasteiger partial charge < -0.3 is 4.90 Å². The largest absolute Gasteiger partial charge is 0.362 e. The molecule has 17 heavy (non-hydrogen) atoms. The van der Waals surface area contributed by atoms with Crippen LogP contribution >= 0.6 is 0 Å². The number of rotatable bonds is 1. The zero-order valence-corrected chi connectivity index (χ0v) is 8.72. The van der Waals surface area contributed by atoms with E-state index in [-0.39, 0.29) is 18.7 Å². The van der Waals surface area contributed by atoms with Crippen molar-refractivity contribution in [3.8, 4) is 0 Å². The molecular formula is C10H9F3N4. The molecule has 0 aliphatic carbocycles. The Balaban J connectivity index is 2.06. The van der Waals surface area contributed by atoms with Gasteiger partial charge in [-0.15, -0.1) is 0 Å². The van der Waals surface area contributed by atoms with Gasteiger partial charge in [-0.25, -0.2) is 13.8 Å². The van der Waals surface area contributed by atoms with E-state index in [1.54, 1.807) is 6.07 Å².